The van der Waals surface area contributed by atoms with Crippen molar-refractivity contribution in [2.75, 3.05) is 49.2 Å². The van der Waals surface area contributed by atoms with Crippen LogP contribution < -0.4 is 20.7 Å². The van der Waals surface area contributed by atoms with Crippen LogP contribution in [0.1, 0.15) is 19.8 Å². The summed E-state index contributed by atoms with van der Waals surface area (Å²) in [5.74, 6) is 1.13. The number of pyridine rings is 1. The Morgan fingerprint density at radius 2 is 2.03 bits per heavy atom. The van der Waals surface area contributed by atoms with Gasteiger partial charge in [0.2, 0.25) is 5.88 Å². The zero-order valence-electron chi connectivity index (χ0n) is 19.8. The van der Waals surface area contributed by atoms with Crippen molar-refractivity contribution >= 4 is 34.5 Å². The Bertz CT molecular complexity index is 1220. The number of ether oxygens (including phenoxy) is 1. The first-order chi connectivity index (χ1) is 16.9. The minimum absolute atomic E-state index is 0.159. The lowest BCUT2D eigenvalue weighted by atomic mass is 10.0. The minimum Gasteiger partial charge on any atom is -0.477 e. The molecule has 2 aromatic heterocycles. The number of nitrogens with one attached hydrogen (secondary N) is 1. The van der Waals surface area contributed by atoms with Crippen LogP contribution in [-0.4, -0.2) is 59.2 Å². The molecule has 3 N–H and O–H groups in total. The predicted molar refractivity (Wildman–Crippen MR) is 137 cm³/mol. The van der Waals surface area contributed by atoms with Crippen LogP contribution in [0.4, 0.5) is 27.3 Å². The van der Waals surface area contributed by atoms with Crippen molar-refractivity contribution in [1.29, 1.82) is 0 Å². The summed E-state index contributed by atoms with van der Waals surface area (Å²) in [6.45, 7) is 5.20. The molecule has 0 spiro atoms. The van der Waals surface area contributed by atoms with E-state index in [9.17, 15) is 0 Å². The third-order valence-corrected chi connectivity index (χ3v) is 6.98. The SMILES string of the molecule is C[C@H]1CN(c2cc(F)c(-c3ccnc(OCC4CC4)c3)cc2Nc2ncnc(Cl)c2N)CCN1C. The molecular formula is C25H29ClFN7O. The molecule has 3 heterocycles. The summed E-state index contributed by atoms with van der Waals surface area (Å²) in [5, 5.41) is 3.43. The maximum atomic E-state index is 15.6. The van der Waals surface area contributed by atoms with E-state index in [1.807, 2.05) is 0 Å². The first-order valence-corrected chi connectivity index (χ1v) is 12.2. The molecule has 2 fully saturated rings. The standard InChI is InChI=1S/C25H29ClFN7O/c1-15-12-34(8-7-33(15)2)21-11-19(27)18(10-20(21)32-25-23(28)24(26)30-14-31-25)17-5-6-29-22(9-17)35-13-16-3-4-16/h5-6,9-11,14-16H,3-4,7-8,12-13,28H2,1-2H3,(H,30,31,32)/t15-/m0/s1. The highest BCUT2D eigenvalue weighted by Gasteiger charge is 2.25. The maximum absolute atomic E-state index is 15.6. The Balaban J connectivity index is 1.53. The quantitative estimate of drug-likeness (QED) is 0.458. The number of benzene rings is 1. The van der Waals surface area contributed by atoms with Gasteiger partial charge in [0.05, 0.1) is 18.0 Å². The van der Waals surface area contributed by atoms with Crippen LogP contribution in [0.25, 0.3) is 11.1 Å². The molecule has 1 atom stereocenters. The van der Waals surface area contributed by atoms with E-state index < -0.39 is 0 Å². The predicted octanol–water partition coefficient (Wildman–Crippen LogP) is 4.59. The van der Waals surface area contributed by atoms with Crippen molar-refractivity contribution in [3.63, 3.8) is 0 Å². The molecule has 2 aliphatic rings. The van der Waals surface area contributed by atoms with Crippen molar-refractivity contribution in [2.45, 2.75) is 25.8 Å². The number of halogens is 2. The first-order valence-electron chi connectivity index (χ1n) is 11.8. The molecule has 0 bridgehead atoms. The van der Waals surface area contributed by atoms with Gasteiger partial charge in [-0.3, -0.25) is 0 Å². The van der Waals surface area contributed by atoms with E-state index in [-0.39, 0.29) is 16.7 Å². The number of nitrogens with zero attached hydrogens (tertiary/aromatic N) is 5. The third kappa shape index (κ3) is 5.26. The topological polar surface area (TPSA) is 92.4 Å². The van der Waals surface area contributed by atoms with Gasteiger partial charge in [-0.05, 0) is 56.5 Å². The number of piperazine rings is 1. The van der Waals surface area contributed by atoms with Crippen molar-refractivity contribution in [3.8, 4) is 17.0 Å². The van der Waals surface area contributed by atoms with Gasteiger partial charge in [0, 0.05) is 43.5 Å². The smallest absolute Gasteiger partial charge is 0.213 e. The van der Waals surface area contributed by atoms with Crippen LogP contribution in [0.5, 0.6) is 5.88 Å². The van der Waals surface area contributed by atoms with Crippen LogP contribution >= 0.6 is 11.6 Å². The third-order valence-electron chi connectivity index (χ3n) is 6.68. The average molecular weight is 498 g/mol. The number of anilines is 4. The second-order valence-corrected chi connectivity index (χ2v) is 9.67. The fourth-order valence-corrected chi connectivity index (χ4v) is 4.29. The van der Waals surface area contributed by atoms with Gasteiger partial charge in [0.25, 0.3) is 0 Å². The number of aromatic nitrogens is 3. The summed E-state index contributed by atoms with van der Waals surface area (Å²) in [5.41, 5.74) is 8.88. The largest absolute Gasteiger partial charge is 0.477 e. The van der Waals surface area contributed by atoms with Crippen LogP contribution in [-0.2, 0) is 0 Å². The molecule has 1 aromatic carbocycles. The summed E-state index contributed by atoms with van der Waals surface area (Å²) in [4.78, 5) is 16.9. The van der Waals surface area contributed by atoms with Gasteiger partial charge in [0.15, 0.2) is 11.0 Å². The van der Waals surface area contributed by atoms with Crippen LogP contribution in [0, 0.1) is 11.7 Å². The summed E-state index contributed by atoms with van der Waals surface area (Å²) in [6.07, 6.45) is 5.36. The lowest BCUT2D eigenvalue weighted by Crippen LogP contribution is -2.50. The summed E-state index contributed by atoms with van der Waals surface area (Å²) < 4.78 is 21.4. The Labute approximate surface area is 209 Å². The second kappa shape index (κ2) is 9.83. The molecule has 0 amide bonds. The maximum Gasteiger partial charge on any atom is 0.213 e. The molecule has 1 saturated carbocycles. The van der Waals surface area contributed by atoms with E-state index in [0.717, 1.165) is 25.3 Å². The molecule has 0 unspecified atom stereocenters. The van der Waals surface area contributed by atoms with E-state index >= 15 is 4.39 Å². The molecule has 1 saturated heterocycles. The van der Waals surface area contributed by atoms with Gasteiger partial charge in [-0.1, -0.05) is 11.6 Å². The highest BCUT2D eigenvalue weighted by molar-refractivity contribution is 6.32. The van der Waals surface area contributed by atoms with Crippen molar-refractivity contribution < 1.29 is 9.13 Å². The number of hydrogen-bond donors (Lipinski definition) is 2. The molecule has 10 heteroatoms. The van der Waals surface area contributed by atoms with Crippen LogP contribution in [0.15, 0.2) is 36.8 Å². The number of hydrogen-bond acceptors (Lipinski definition) is 8. The van der Waals surface area contributed by atoms with Gasteiger partial charge in [-0.2, -0.15) is 0 Å². The fraction of sp³-hybridized carbons (Fsp3) is 0.400. The van der Waals surface area contributed by atoms with Crippen LogP contribution in [0.3, 0.4) is 0 Å². The zero-order valence-corrected chi connectivity index (χ0v) is 20.6. The summed E-state index contributed by atoms with van der Waals surface area (Å²) in [7, 11) is 2.10. The molecule has 184 valence electrons. The van der Waals surface area contributed by atoms with Gasteiger partial charge < -0.3 is 25.6 Å². The summed E-state index contributed by atoms with van der Waals surface area (Å²) >= 11 is 6.12. The molecule has 3 aromatic rings. The van der Waals surface area contributed by atoms with Gasteiger partial charge >= 0.3 is 0 Å². The first kappa shape index (κ1) is 23.6. The van der Waals surface area contributed by atoms with E-state index in [0.29, 0.717) is 47.1 Å². The van der Waals surface area contributed by atoms with Crippen molar-refractivity contribution in [1.82, 2.24) is 19.9 Å². The lowest BCUT2D eigenvalue weighted by Gasteiger charge is -2.39. The molecule has 8 nitrogen and oxygen atoms in total. The molecule has 1 aliphatic heterocycles. The van der Waals surface area contributed by atoms with Gasteiger partial charge in [0.1, 0.15) is 17.8 Å². The molecular weight excluding hydrogens is 469 g/mol. The molecule has 0 radical (unpaired) electrons. The fourth-order valence-electron chi connectivity index (χ4n) is 4.16. The Morgan fingerprint density at radius 3 is 2.80 bits per heavy atom. The van der Waals surface area contributed by atoms with Gasteiger partial charge in [-0.15, -0.1) is 0 Å². The van der Waals surface area contributed by atoms with E-state index in [1.54, 1.807) is 30.5 Å². The Morgan fingerprint density at radius 1 is 1.20 bits per heavy atom. The summed E-state index contributed by atoms with van der Waals surface area (Å²) in [6, 6.07) is 7.23. The monoisotopic (exact) mass is 497 g/mol. The Hall–Kier alpha value is -3.17. The number of likely N-dealkylation sites (N-methyl/N-ethyl adjacent to an activating group) is 1. The zero-order chi connectivity index (χ0) is 24.5. The van der Waals surface area contributed by atoms with Crippen LogP contribution in [0.2, 0.25) is 5.15 Å². The normalized spacial score (nSPS) is 18.5. The average Bonchev–Trinajstić information content (AvgIpc) is 3.68. The Kier molecular flexibility index (Phi) is 6.62. The van der Waals surface area contributed by atoms with Crippen molar-refractivity contribution in [3.05, 3.63) is 47.8 Å². The lowest BCUT2D eigenvalue weighted by molar-refractivity contribution is 0.234. The molecule has 1 aliphatic carbocycles. The van der Waals surface area contributed by atoms with E-state index in [2.05, 4.69) is 44.0 Å². The van der Waals surface area contributed by atoms with Gasteiger partial charge in [-0.25, -0.2) is 19.3 Å². The minimum atomic E-state index is -0.329. The number of nitrogens with two attached hydrogens (primary N) is 1. The second-order valence-electron chi connectivity index (χ2n) is 9.31. The van der Waals surface area contributed by atoms with E-state index in [1.165, 1.54) is 19.2 Å². The molecule has 35 heavy (non-hydrogen) atoms. The number of nitrogen functional groups attached to an aromatic ring is 1. The highest BCUT2D eigenvalue weighted by atomic mass is 35.5. The highest BCUT2D eigenvalue weighted by Crippen LogP contribution is 2.38. The van der Waals surface area contributed by atoms with E-state index in [4.69, 9.17) is 22.1 Å². The van der Waals surface area contributed by atoms with Crippen molar-refractivity contribution in [2.24, 2.45) is 5.92 Å². The number of rotatable bonds is 7. The molecule has 5 rings (SSSR count).